The fourth-order valence-corrected chi connectivity index (χ4v) is 1.87. The lowest BCUT2D eigenvalue weighted by atomic mass is 10.1. The van der Waals surface area contributed by atoms with Crippen LogP contribution in [0.15, 0.2) is 18.2 Å². The fraction of sp³-hybridized carbons (Fsp3) is 0.222. The monoisotopic (exact) mass is 242 g/mol. The molecule has 0 saturated heterocycles. The molecule has 1 N–H and O–H groups in total. The summed E-state index contributed by atoms with van der Waals surface area (Å²) in [6.45, 7) is 0.500. The van der Waals surface area contributed by atoms with E-state index in [1.807, 2.05) is 6.07 Å². The van der Waals surface area contributed by atoms with E-state index in [0.717, 1.165) is 5.56 Å². The lowest BCUT2D eigenvalue weighted by Gasteiger charge is -2.02. The van der Waals surface area contributed by atoms with Crippen LogP contribution in [0.1, 0.15) is 20.7 Å². The van der Waals surface area contributed by atoms with Gasteiger partial charge in [-0.3, -0.25) is 0 Å². The molecule has 0 bridgehead atoms. The number of carbonyl (C=O) groups is 1. The van der Waals surface area contributed by atoms with Crippen LogP contribution in [0.3, 0.4) is 0 Å². The fourth-order valence-electron chi connectivity index (χ4n) is 1.38. The molecule has 0 aromatic heterocycles. The molecule has 1 heterocycles. The molecule has 0 amide bonds. The minimum Gasteiger partial charge on any atom is -0.491 e. The first-order valence-corrected chi connectivity index (χ1v) is 4.75. The molecule has 1 aliphatic heterocycles. The maximum absolute atomic E-state index is 10.8. The number of fused-ring (bicyclic) bond motifs is 1. The van der Waals surface area contributed by atoms with Gasteiger partial charge in [-0.25, -0.2) is 4.79 Å². The average Bonchev–Trinajstić information content (AvgIpc) is 2.48. The third-order valence-corrected chi connectivity index (χ3v) is 2.74. The van der Waals surface area contributed by atoms with Gasteiger partial charge in [0.15, 0.2) is 0 Å². The number of ether oxygens (including phenoxy) is 1. The van der Waals surface area contributed by atoms with Crippen molar-refractivity contribution in [1.29, 1.82) is 0 Å². The third-order valence-electron chi connectivity index (χ3n) is 1.99. The second-order valence-electron chi connectivity index (χ2n) is 2.81. The molecule has 1 atom stereocenters. The number of carboxylic acids is 1. The third kappa shape index (κ3) is 1.31. The van der Waals surface area contributed by atoms with E-state index in [9.17, 15) is 4.79 Å². The molecular formula is C9H7BrO3. The van der Waals surface area contributed by atoms with Gasteiger partial charge in [0, 0.05) is 5.56 Å². The predicted molar refractivity (Wildman–Crippen MR) is 50.6 cm³/mol. The topological polar surface area (TPSA) is 46.5 Å². The zero-order valence-electron chi connectivity index (χ0n) is 6.66. The van der Waals surface area contributed by atoms with Gasteiger partial charge in [-0.05, 0) is 6.07 Å². The Bertz CT molecular complexity index is 362. The van der Waals surface area contributed by atoms with Crippen LogP contribution < -0.4 is 4.74 Å². The number of para-hydroxylation sites is 1. The van der Waals surface area contributed by atoms with Crippen LogP contribution in [-0.2, 0) is 0 Å². The number of benzene rings is 1. The highest BCUT2D eigenvalue weighted by Gasteiger charge is 2.26. The number of alkyl halides is 1. The van der Waals surface area contributed by atoms with Crippen LogP contribution in [0.2, 0.25) is 0 Å². The van der Waals surface area contributed by atoms with Crippen molar-refractivity contribution < 1.29 is 14.6 Å². The highest BCUT2D eigenvalue weighted by molar-refractivity contribution is 9.09. The number of hydrogen-bond acceptors (Lipinski definition) is 2. The average molecular weight is 243 g/mol. The Morgan fingerprint density at radius 2 is 2.38 bits per heavy atom. The first kappa shape index (κ1) is 8.56. The van der Waals surface area contributed by atoms with Gasteiger partial charge in [0.1, 0.15) is 17.9 Å². The number of halogens is 1. The molecule has 13 heavy (non-hydrogen) atoms. The van der Waals surface area contributed by atoms with Crippen molar-refractivity contribution in [2.75, 3.05) is 6.61 Å². The van der Waals surface area contributed by atoms with E-state index < -0.39 is 5.97 Å². The van der Waals surface area contributed by atoms with E-state index in [0.29, 0.717) is 12.4 Å². The molecule has 68 valence electrons. The molecule has 1 unspecified atom stereocenters. The molecule has 3 nitrogen and oxygen atoms in total. The number of rotatable bonds is 1. The highest BCUT2D eigenvalue weighted by atomic mass is 79.9. The van der Waals surface area contributed by atoms with Crippen molar-refractivity contribution in [3.63, 3.8) is 0 Å². The molecule has 0 saturated carbocycles. The Kier molecular flexibility index (Phi) is 2.00. The largest absolute Gasteiger partial charge is 0.491 e. The summed E-state index contributed by atoms with van der Waals surface area (Å²) in [6, 6.07) is 5.14. The maximum Gasteiger partial charge on any atom is 0.339 e. The molecular weight excluding hydrogens is 236 g/mol. The molecule has 0 spiro atoms. The van der Waals surface area contributed by atoms with Crippen LogP contribution in [0.4, 0.5) is 0 Å². The molecule has 4 heteroatoms. The van der Waals surface area contributed by atoms with E-state index in [1.54, 1.807) is 12.1 Å². The van der Waals surface area contributed by atoms with E-state index in [4.69, 9.17) is 9.84 Å². The molecule has 1 aromatic carbocycles. The quantitative estimate of drug-likeness (QED) is 0.769. The van der Waals surface area contributed by atoms with Crippen molar-refractivity contribution in [2.24, 2.45) is 0 Å². The van der Waals surface area contributed by atoms with Gasteiger partial charge < -0.3 is 9.84 Å². The summed E-state index contributed by atoms with van der Waals surface area (Å²) in [4.78, 5) is 10.9. The SMILES string of the molecule is O=C(O)c1cccc2c1OCC2Br. The molecule has 0 radical (unpaired) electrons. The molecule has 0 fully saturated rings. The summed E-state index contributed by atoms with van der Waals surface area (Å²) in [5.74, 6) is -0.449. The number of aromatic carboxylic acids is 1. The van der Waals surface area contributed by atoms with Gasteiger partial charge in [0.2, 0.25) is 0 Å². The van der Waals surface area contributed by atoms with Crippen molar-refractivity contribution in [3.05, 3.63) is 29.3 Å². The van der Waals surface area contributed by atoms with Crippen LogP contribution in [-0.4, -0.2) is 17.7 Å². The summed E-state index contributed by atoms with van der Waals surface area (Å²) < 4.78 is 5.28. The first-order chi connectivity index (χ1) is 6.20. The Labute approximate surface area is 83.5 Å². The van der Waals surface area contributed by atoms with Crippen molar-refractivity contribution in [1.82, 2.24) is 0 Å². The van der Waals surface area contributed by atoms with E-state index in [1.165, 1.54) is 0 Å². The van der Waals surface area contributed by atoms with Gasteiger partial charge in [-0.1, -0.05) is 28.1 Å². The Morgan fingerprint density at radius 3 is 3.08 bits per heavy atom. The lowest BCUT2D eigenvalue weighted by Crippen LogP contribution is -1.99. The van der Waals surface area contributed by atoms with E-state index >= 15 is 0 Å². The van der Waals surface area contributed by atoms with Crippen LogP contribution >= 0.6 is 15.9 Å². The standard InChI is InChI=1S/C9H7BrO3/c10-7-4-13-8-5(7)2-1-3-6(8)9(11)12/h1-3,7H,4H2,(H,11,12). The molecule has 1 aromatic rings. The minimum absolute atomic E-state index is 0.113. The predicted octanol–water partition coefficient (Wildman–Crippen LogP) is 2.21. The molecule has 1 aliphatic rings. The van der Waals surface area contributed by atoms with Crippen LogP contribution in [0.5, 0.6) is 5.75 Å². The normalized spacial score (nSPS) is 19.3. The number of hydrogen-bond donors (Lipinski definition) is 1. The first-order valence-electron chi connectivity index (χ1n) is 3.83. The van der Waals surface area contributed by atoms with Gasteiger partial charge in [0.25, 0.3) is 0 Å². The summed E-state index contributed by atoms with van der Waals surface area (Å²) in [6.07, 6.45) is 0. The Hall–Kier alpha value is -1.03. The van der Waals surface area contributed by atoms with E-state index in [-0.39, 0.29) is 10.4 Å². The molecule has 2 rings (SSSR count). The van der Waals surface area contributed by atoms with E-state index in [2.05, 4.69) is 15.9 Å². The second kappa shape index (κ2) is 3.03. The zero-order valence-corrected chi connectivity index (χ0v) is 8.24. The maximum atomic E-state index is 10.8. The summed E-state index contributed by atoms with van der Waals surface area (Å²) in [5, 5.41) is 8.84. The Morgan fingerprint density at radius 1 is 1.62 bits per heavy atom. The zero-order chi connectivity index (χ0) is 9.42. The minimum atomic E-state index is -0.946. The smallest absolute Gasteiger partial charge is 0.339 e. The molecule has 0 aliphatic carbocycles. The highest BCUT2D eigenvalue weighted by Crippen LogP contribution is 2.39. The second-order valence-corrected chi connectivity index (χ2v) is 3.91. The van der Waals surface area contributed by atoms with Crippen LogP contribution in [0, 0.1) is 0 Å². The number of carboxylic acid groups (broad SMARTS) is 1. The van der Waals surface area contributed by atoms with Crippen molar-refractivity contribution in [3.8, 4) is 5.75 Å². The summed E-state index contributed by atoms with van der Waals surface area (Å²) in [5.41, 5.74) is 1.15. The van der Waals surface area contributed by atoms with Crippen molar-refractivity contribution in [2.45, 2.75) is 4.83 Å². The van der Waals surface area contributed by atoms with Gasteiger partial charge in [-0.15, -0.1) is 0 Å². The van der Waals surface area contributed by atoms with Gasteiger partial charge in [0.05, 0.1) is 4.83 Å². The van der Waals surface area contributed by atoms with Crippen molar-refractivity contribution >= 4 is 21.9 Å². The van der Waals surface area contributed by atoms with Crippen LogP contribution in [0.25, 0.3) is 0 Å². The lowest BCUT2D eigenvalue weighted by molar-refractivity contribution is 0.0693. The summed E-state index contributed by atoms with van der Waals surface area (Å²) >= 11 is 3.40. The van der Waals surface area contributed by atoms with Gasteiger partial charge in [-0.2, -0.15) is 0 Å². The van der Waals surface area contributed by atoms with Gasteiger partial charge >= 0.3 is 5.97 Å². The Balaban J connectivity index is 2.57. The summed E-state index contributed by atoms with van der Waals surface area (Å²) in [7, 11) is 0.